The molecule has 0 amide bonds. The summed E-state index contributed by atoms with van der Waals surface area (Å²) in [7, 11) is 0. The molecule has 1 unspecified atom stereocenters. The third-order valence-electron chi connectivity index (χ3n) is 3.23. The van der Waals surface area contributed by atoms with Crippen LogP contribution in [0.15, 0.2) is 18.2 Å². The summed E-state index contributed by atoms with van der Waals surface area (Å²) < 4.78 is 49.6. The van der Waals surface area contributed by atoms with Crippen LogP contribution in [0.25, 0.3) is 0 Å². The van der Waals surface area contributed by atoms with Crippen LogP contribution in [0.2, 0.25) is 0 Å². The lowest BCUT2D eigenvalue weighted by molar-refractivity contribution is -0.139. The van der Waals surface area contributed by atoms with E-state index >= 15 is 0 Å². The largest absolute Gasteiger partial charge is 0.493 e. The Morgan fingerprint density at radius 1 is 1.35 bits per heavy atom. The summed E-state index contributed by atoms with van der Waals surface area (Å²) in [4.78, 5) is 0. The van der Waals surface area contributed by atoms with Crippen LogP contribution in [0, 0.1) is 0 Å². The first-order chi connectivity index (χ1) is 9.50. The zero-order valence-electron chi connectivity index (χ0n) is 10.9. The summed E-state index contributed by atoms with van der Waals surface area (Å²) in [6.45, 7) is 0.972. The van der Waals surface area contributed by atoms with Crippen molar-refractivity contribution in [3.05, 3.63) is 29.3 Å². The quantitative estimate of drug-likeness (QED) is 0.724. The molecule has 0 spiro atoms. The Kier molecular flexibility index (Phi) is 5.32. The lowest BCUT2D eigenvalue weighted by Crippen LogP contribution is -2.13. The van der Waals surface area contributed by atoms with E-state index in [2.05, 4.69) is 15.9 Å². The van der Waals surface area contributed by atoms with Crippen LogP contribution in [0.5, 0.6) is 5.75 Å². The molecular formula is C14H16BrF3O2. The number of hydrogen-bond donors (Lipinski definition) is 0. The molecule has 20 heavy (non-hydrogen) atoms. The molecule has 0 N–H and O–H groups in total. The maximum absolute atomic E-state index is 13.0. The van der Waals surface area contributed by atoms with Gasteiger partial charge in [0.2, 0.25) is 0 Å². The maximum Gasteiger partial charge on any atom is 0.419 e. The fourth-order valence-electron chi connectivity index (χ4n) is 2.18. The van der Waals surface area contributed by atoms with Crippen molar-refractivity contribution in [2.75, 3.05) is 13.2 Å². The first-order valence-corrected chi connectivity index (χ1v) is 7.63. The van der Waals surface area contributed by atoms with Gasteiger partial charge in [0.05, 0.1) is 18.3 Å². The third kappa shape index (κ3) is 4.12. The van der Waals surface area contributed by atoms with Crippen molar-refractivity contribution in [2.45, 2.75) is 36.9 Å². The van der Waals surface area contributed by atoms with E-state index in [1.165, 1.54) is 6.07 Å². The summed E-state index contributed by atoms with van der Waals surface area (Å²) in [6.07, 6.45) is -1.70. The fourth-order valence-corrected chi connectivity index (χ4v) is 2.53. The van der Waals surface area contributed by atoms with Crippen LogP contribution in [0.3, 0.4) is 0 Å². The van der Waals surface area contributed by atoms with Crippen LogP contribution in [-0.4, -0.2) is 19.3 Å². The van der Waals surface area contributed by atoms with Gasteiger partial charge in [-0.25, -0.2) is 0 Å². The van der Waals surface area contributed by atoms with Crippen LogP contribution in [-0.2, 0) is 16.2 Å². The lowest BCUT2D eigenvalue weighted by atomic mass is 10.1. The Balaban J connectivity index is 2.02. The van der Waals surface area contributed by atoms with Crippen molar-refractivity contribution in [1.29, 1.82) is 0 Å². The molecule has 112 valence electrons. The number of halogens is 4. The van der Waals surface area contributed by atoms with Crippen molar-refractivity contribution in [2.24, 2.45) is 0 Å². The van der Waals surface area contributed by atoms with Crippen molar-refractivity contribution in [3.8, 4) is 5.75 Å². The topological polar surface area (TPSA) is 18.5 Å². The van der Waals surface area contributed by atoms with Gasteiger partial charge in [0.25, 0.3) is 0 Å². The first-order valence-electron chi connectivity index (χ1n) is 6.51. The summed E-state index contributed by atoms with van der Waals surface area (Å²) in [5.41, 5.74) is -0.148. The van der Waals surface area contributed by atoms with E-state index < -0.39 is 11.7 Å². The Morgan fingerprint density at radius 3 is 2.75 bits per heavy atom. The highest BCUT2D eigenvalue weighted by molar-refractivity contribution is 9.08. The summed E-state index contributed by atoms with van der Waals surface area (Å²) in [5, 5.41) is 0.381. The highest BCUT2D eigenvalue weighted by Crippen LogP contribution is 2.37. The van der Waals surface area contributed by atoms with Gasteiger partial charge in [0.15, 0.2) is 0 Å². The van der Waals surface area contributed by atoms with E-state index in [1.807, 2.05) is 0 Å². The molecule has 1 saturated heterocycles. The number of rotatable bonds is 5. The lowest BCUT2D eigenvalue weighted by Gasteiger charge is -2.16. The minimum Gasteiger partial charge on any atom is -0.493 e. The van der Waals surface area contributed by atoms with Gasteiger partial charge in [-0.1, -0.05) is 22.0 Å². The van der Waals surface area contributed by atoms with Crippen molar-refractivity contribution in [3.63, 3.8) is 0 Å². The zero-order chi connectivity index (χ0) is 14.6. The Bertz CT molecular complexity index is 443. The smallest absolute Gasteiger partial charge is 0.419 e. The normalized spacial score (nSPS) is 19.3. The Labute approximate surface area is 124 Å². The molecule has 2 nitrogen and oxygen atoms in total. The van der Waals surface area contributed by atoms with Crippen molar-refractivity contribution in [1.82, 2.24) is 0 Å². The molecule has 1 aromatic rings. The molecule has 0 bridgehead atoms. The number of benzene rings is 1. The van der Waals surface area contributed by atoms with Gasteiger partial charge < -0.3 is 9.47 Å². The number of alkyl halides is 4. The first kappa shape index (κ1) is 15.6. The van der Waals surface area contributed by atoms with E-state index in [9.17, 15) is 13.2 Å². The van der Waals surface area contributed by atoms with Gasteiger partial charge in [-0.15, -0.1) is 0 Å². The van der Waals surface area contributed by atoms with Gasteiger partial charge in [-0.2, -0.15) is 13.2 Å². The highest BCUT2D eigenvalue weighted by Gasteiger charge is 2.34. The molecule has 1 aromatic carbocycles. The standard InChI is InChI=1S/C14H16BrF3O2/c15-9-10-3-4-13(12(8-10)14(16,17)18)20-7-5-11-2-1-6-19-11/h3-4,8,11H,1-2,5-7,9H2. The zero-order valence-corrected chi connectivity index (χ0v) is 12.5. The molecule has 6 heteroatoms. The summed E-state index contributed by atoms with van der Waals surface area (Å²) in [5.74, 6) is -0.111. The number of ether oxygens (including phenoxy) is 2. The molecule has 1 heterocycles. The SMILES string of the molecule is FC(F)(F)c1cc(CBr)ccc1OCCC1CCCO1. The molecule has 0 radical (unpaired) electrons. The minimum absolute atomic E-state index is 0.111. The van der Waals surface area contributed by atoms with Crippen LogP contribution < -0.4 is 4.74 Å². The van der Waals surface area contributed by atoms with Crippen LogP contribution >= 0.6 is 15.9 Å². The Hall–Kier alpha value is -0.750. The average molecular weight is 353 g/mol. The molecule has 1 atom stereocenters. The second-order valence-corrected chi connectivity index (χ2v) is 5.29. The minimum atomic E-state index is -4.41. The predicted octanol–water partition coefficient (Wildman–Crippen LogP) is 4.55. The van der Waals surface area contributed by atoms with Crippen LogP contribution in [0.4, 0.5) is 13.2 Å². The molecule has 0 saturated carbocycles. The highest BCUT2D eigenvalue weighted by atomic mass is 79.9. The molecule has 1 fully saturated rings. The monoisotopic (exact) mass is 352 g/mol. The van der Waals surface area contributed by atoms with E-state index in [-0.39, 0.29) is 18.5 Å². The van der Waals surface area contributed by atoms with E-state index in [0.29, 0.717) is 17.3 Å². The summed E-state index contributed by atoms with van der Waals surface area (Å²) >= 11 is 3.16. The van der Waals surface area contributed by atoms with Crippen molar-refractivity contribution >= 4 is 15.9 Å². The van der Waals surface area contributed by atoms with E-state index in [4.69, 9.17) is 9.47 Å². The van der Waals surface area contributed by atoms with Gasteiger partial charge in [-0.3, -0.25) is 0 Å². The maximum atomic E-state index is 13.0. The molecule has 0 aliphatic carbocycles. The van der Waals surface area contributed by atoms with Gasteiger partial charge in [-0.05, 0) is 30.5 Å². The fraction of sp³-hybridized carbons (Fsp3) is 0.571. The third-order valence-corrected chi connectivity index (χ3v) is 3.87. The second-order valence-electron chi connectivity index (χ2n) is 4.73. The molecule has 0 aromatic heterocycles. The number of hydrogen-bond acceptors (Lipinski definition) is 2. The molecule has 1 aliphatic heterocycles. The van der Waals surface area contributed by atoms with Crippen LogP contribution in [0.1, 0.15) is 30.4 Å². The average Bonchev–Trinajstić information content (AvgIpc) is 2.91. The second kappa shape index (κ2) is 6.80. The van der Waals surface area contributed by atoms with E-state index in [0.717, 1.165) is 25.5 Å². The van der Waals surface area contributed by atoms with Crippen molar-refractivity contribution < 1.29 is 22.6 Å². The molecule has 2 rings (SSSR count). The van der Waals surface area contributed by atoms with Gasteiger partial charge >= 0.3 is 6.18 Å². The predicted molar refractivity (Wildman–Crippen MR) is 73.2 cm³/mol. The summed E-state index contributed by atoms with van der Waals surface area (Å²) in [6, 6.07) is 4.14. The van der Waals surface area contributed by atoms with E-state index in [1.54, 1.807) is 6.07 Å². The molecule has 1 aliphatic rings. The van der Waals surface area contributed by atoms with Gasteiger partial charge in [0.1, 0.15) is 5.75 Å². The molecular weight excluding hydrogens is 337 g/mol. The Morgan fingerprint density at radius 2 is 2.15 bits per heavy atom. The van der Waals surface area contributed by atoms with Gasteiger partial charge in [0, 0.05) is 18.4 Å².